The highest BCUT2D eigenvalue weighted by Crippen LogP contribution is 2.38. The van der Waals surface area contributed by atoms with E-state index in [0.29, 0.717) is 21.9 Å². The normalized spacial score (nSPS) is 13.5. The van der Waals surface area contributed by atoms with Gasteiger partial charge < -0.3 is 20.5 Å². The van der Waals surface area contributed by atoms with E-state index in [2.05, 4.69) is 5.32 Å². The largest absolute Gasteiger partial charge is 0.496 e. The first-order chi connectivity index (χ1) is 13.4. The number of amides is 2. The van der Waals surface area contributed by atoms with Crippen LogP contribution in [0.15, 0.2) is 24.3 Å². The number of thiophene rings is 1. The summed E-state index contributed by atoms with van der Waals surface area (Å²) in [5.41, 5.74) is 7.47. The molecule has 148 valence electrons. The molecule has 0 spiro atoms. The number of nitrogens with two attached hydrogens (primary N) is 1. The standard InChI is InChI=1S/C20H22N2O5S/c1-11(27-16(23)10-12-6-3-4-8-14(12)26-2)19(25)22-20-17(18(21)24)13-7-5-9-15(13)28-20/h3-4,6,8,11H,5,7,9-10H2,1-2H3,(H2,21,24)(H,22,25)/t11-/m1/s1. The maximum Gasteiger partial charge on any atom is 0.311 e. The van der Waals surface area contributed by atoms with Gasteiger partial charge in [-0.1, -0.05) is 18.2 Å². The molecule has 2 aromatic rings. The van der Waals surface area contributed by atoms with Gasteiger partial charge in [-0.05, 0) is 37.8 Å². The van der Waals surface area contributed by atoms with E-state index in [1.807, 2.05) is 0 Å². The number of benzene rings is 1. The Kier molecular flexibility index (Phi) is 5.99. The molecule has 1 aliphatic rings. The molecule has 1 aliphatic carbocycles. The minimum absolute atomic E-state index is 0.0124. The highest BCUT2D eigenvalue weighted by molar-refractivity contribution is 7.17. The van der Waals surface area contributed by atoms with Crippen LogP contribution in [-0.4, -0.2) is 31.0 Å². The molecule has 28 heavy (non-hydrogen) atoms. The summed E-state index contributed by atoms with van der Waals surface area (Å²) >= 11 is 1.36. The van der Waals surface area contributed by atoms with Crippen LogP contribution in [0.1, 0.15) is 39.7 Å². The minimum atomic E-state index is -1.01. The van der Waals surface area contributed by atoms with Crippen LogP contribution in [-0.2, 0) is 33.6 Å². The average molecular weight is 402 g/mol. The third-order valence-electron chi connectivity index (χ3n) is 4.61. The number of carbonyl (C=O) groups excluding carboxylic acids is 3. The SMILES string of the molecule is COc1ccccc1CC(=O)O[C@H](C)C(=O)Nc1sc2c(c1C(N)=O)CCC2. The number of para-hydroxylation sites is 1. The number of aryl methyl sites for hydroxylation is 1. The topological polar surface area (TPSA) is 108 Å². The Labute approximate surface area is 166 Å². The molecule has 0 radical (unpaired) electrons. The molecule has 0 bridgehead atoms. The van der Waals surface area contributed by atoms with Crippen molar-refractivity contribution >= 4 is 34.1 Å². The highest BCUT2D eigenvalue weighted by Gasteiger charge is 2.28. The van der Waals surface area contributed by atoms with Crippen LogP contribution < -0.4 is 15.8 Å². The highest BCUT2D eigenvalue weighted by atomic mass is 32.1. The van der Waals surface area contributed by atoms with Gasteiger partial charge in [-0.2, -0.15) is 0 Å². The van der Waals surface area contributed by atoms with Gasteiger partial charge >= 0.3 is 5.97 Å². The summed E-state index contributed by atoms with van der Waals surface area (Å²) in [5, 5.41) is 3.12. The lowest BCUT2D eigenvalue weighted by Crippen LogP contribution is -2.31. The summed E-state index contributed by atoms with van der Waals surface area (Å²) in [7, 11) is 1.52. The Hall–Kier alpha value is -2.87. The second kappa shape index (κ2) is 8.43. The van der Waals surface area contributed by atoms with Gasteiger partial charge in [0, 0.05) is 10.4 Å². The fraction of sp³-hybridized carbons (Fsp3) is 0.350. The number of fused-ring (bicyclic) bond motifs is 1. The zero-order chi connectivity index (χ0) is 20.3. The fourth-order valence-corrected chi connectivity index (χ4v) is 4.56. The molecule has 1 heterocycles. The van der Waals surface area contributed by atoms with Crippen molar-refractivity contribution in [1.82, 2.24) is 0 Å². The van der Waals surface area contributed by atoms with Gasteiger partial charge in [-0.25, -0.2) is 0 Å². The zero-order valence-corrected chi connectivity index (χ0v) is 16.6. The van der Waals surface area contributed by atoms with Gasteiger partial charge in [0.25, 0.3) is 11.8 Å². The number of primary amides is 1. The summed E-state index contributed by atoms with van der Waals surface area (Å²) in [6.07, 6.45) is 1.61. The van der Waals surface area contributed by atoms with E-state index in [1.54, 1.807) is 24.3 Å². The lowest BCUT2D eigenvalue weighted by atomic mass is 10.1. The summed E-state index contributed by atoms with van der Waals surface area (Å²) in [5.74, 6) is -1.03. The fourth-order valence-electron chi connectivity index (χ4n) is 3.26. The molecule has 7 nitrogen and oxygen atoms in total. The molecule has 0 saturated heterocycles. The first-order valence-electron chi connectivity index (χ1n) is 8.97. The van der Waals surface area contributed by atoms with E-state index in [-0.39, 0.29) is 6.42 Å². The Morgan fingerprint density at radius 1 is 1.25 bits per heavy atom. The van der Waals surface area contributed by atoms with Crippen molar-refractivity contribution in [3.05, 3.63) is 45.8 Å². The number of methoxy groups -OCH3 is 1. The first-order valence-corrected chi connectivity index (χ1v) is 9.79. The summed E-state index contributed by atoms with van der Waals surface area (Å²) in [6.45, 7) is 1.49. The monoisotopic (exact) mass is 402 g/mol. The predicted molar refractivity (Wildman–Crippen MR) is 106 cm³/mol. The molecule has 3 rings (SSSR count). The Morgan fingerprint density at radius 3 is 2.71 bits per heavy atom. The molecular formula is C20H22N2O5S. The first kappa shape index (κ1) is 19.9. The maximum atomic E-state index is 12.5. The third kappa shape index (κ3) is 4.17. The van der Waals surface area contributed by atoms with Crippen LogP contribution in [0.25, 0.3) is 0 Å². The van der Waals surface area contributed by atoms with Gasteiger partial charge in [0.05, 0.1) is 19.1 Å². The number of ether oxygens (including phenoxy) is 2. The van der Waals surface area contributed by atoms with E-state index in [9.17, 15) is 14.4 Å². The molecular weight excluding hydrogens is 380 g/mol. The van der Waals surface area contributed by atoms with Crippen molar-refractivity contribution in [2.45, 2.75) is 38.7 Å². The van der Waals surface area contributed by atoms with Crippen LogP contribution in [0.5, 0.6) is 5.75 Å². The Bertz CT molecular complexity index is 921. The van der Waals surface area contributed by atoms with Crippen molar-refractivity contribution in [2.75, 3.05) is 12.4 Å². The van der Waals surface area contributed by atoms with Crippen molar-refractivity contribution in [2.24, 2.45) is 5.73 Å². The molecule has 1 aromatic heterocycles. The van der Waals surface area contributed by atoms with Crippen LogP contribution >= 0.6 is 11.3 Å². The molecule has 2 amide bonds. The van der Waals surface area contributed by atoms with Gasteiger partial charge in [0.15, 0.2) is 6.10 Å². The minimum Gasteiger partial charge on any atom is -0.496 e. The quantitative estimate of drug-likeness (QED) is 0.692. The smallest absolute Gasteiger partial charge is 0.311 e. The third-order valence-corrected chi connectivity index (χ3v) is 5.82. The Morgan fingerprint density at radius 2 is 2.00 bits per heavy atom. The van der Waals surface area contributed by atoms with Gasteiger partial charge in [-0.3, -0.25) is 14.4 Å². The molecule has 1 aromatic carbocycles. The molecule has 1 atom stereocenters. The molecule has 3 N–H and O–H groups in total. The molecule has 0 unspecified atom stereocenters. The second-order valence-corrected chi connectivity index (χ2v) is 7.64. The van der Waals surface area contributed by atoms with Crippen molar-refractivity contribution in [3.8, 4) is 5.75 Å². The second-order valence-electron chi connectivity index (χ2n) is 6.54. The number of anilines is 1. The van der Waals surface area contributed by atoms with Crippen LogP contribution in [0, 0.1) is 0 Å². The predicted octanol–water partition coefficient (Wildman–Crippen LogP) is 2.46. The lowest BCUT2D eigenvalue weighted by Gasteiger charge is -2.14. The van der Waals surface area contributed by atoms with Crippen molar-refractivity contribution in [1.29, 1.82) is 0 Å². The van der Waals surface area contributed by atoms with E-state index in [4.69, 9.17) is 15.2 Å². The van der Waals surface area contributed by atoms with Gasteiger partial charge in [-0.15, -0.1) is 11.3 Å². The summed E-state index contributed by atoms with van der Waals surface area (Å²) in [4.78, 5) is 37.6. The van der Waals surface area contributed by atoms with Gasteiger partial charge in [0.2, 0.25) is 0 Å². The maximum absolute atomic E-state index is 12.5. The van der Waals surface area contributed by atoms with E-state index < -0.39 is 23.9 Å². The molecule has 0 aliphatic heterocycles. The number of rotatable bonds is 7. The lowest BCUT2D eigenvalue weighted by molar-refractivity contribution is -0.152. The summed E-state index contributed by atoms with van der Waals surface area (Å²) < 4.78 is 10.5. The number of hydrogen-bond acceptors (Lipinski definition) is 6. The molecule has 8 heteroatoms. The summed E-state index contributed by atoms with van der Waals surface area (Å²) in [6, 6.07) is 7.11. The van der Waals surface area contributed by atoms with Crippen LogP contribution in [0.4, 0.5) is 5.00 Å². The number of carbonyl (C=O) groups is 3. The Balaban J connectivity index is 1.64. The van der Waals surface area contributed by atoms with E-state index in [0.717, 1.165) is 29.7 Å². The number of hydrogen-bond donors (Lipinski definition) is 2. The number of nitrogens with one attached hydrogen (secondary N) is 1. The molecule has 0 fully saturated rings. The zero-order valence-electron chi connectivity index (χ0n) is 15.7. The number of esters is 1. The van der Waals surface area contributed by atoms with E-state index in [1.165, 1.54) is 25.4 Å². The molecule has 0 saturated carbocycles. The average Bonchev–Trinajstić information content (AvgIpc) is 3.22. The van der Waals surface area contributed by atoms with Crippen molar-refractivity contribution < 1.29 is 23.9 Å². The van der Waals surface area contributed by atoms with Crippen LogP contribution in [0.3, 0.4) is 0 Å². The van der Waals surface area contributed by atoms with Crippen LogP contribution in [0.2, 0.25) is 0 Å². The van der Waals surface area contributed by atoms with Crippen molar-refractivity contribution in [3.63, 3.8) is 0 Å². The van der Waals surface area contributed by atoms with Gasteiger partial charge in [0.1, 0.15) is 10.8 Å². The van der Waals surface area contributed by atoms with E-state index >= 15 is 0 Å².